The Kier molecular flexibility index (Phi) is 6.84. The maximum Gasteiger partial charge on any atom is 0.261 e. The summed E-state index contributed by atoms with van der Waals surface area (Å²) in [4.78, 5) is 27.0. The van der Waals surface area contributed by atoms with Gasteiger partial charge in [0.1, 0.15) is 6.04 Å². The van der Waals surface area contributed by atoms with Gasteiger partial charge in [0.2, 0.25) is 11.8 Å². The minimum absolute atomic E-state index is 0.0231. The Balaban J connectivity index is 1.78. The van der Waals surface area contributed by atoms with Crippen LogP contribution in [0, 0.1) is 6.92 Å². The number of hydrogen-bond donors (Lipinski definition) is 0. The number of benzene rings is 2. The molecular weight excluding hydrogens is 521 g/mol. The van der Waals surface area contributed by atoms with Crippen molar-refractivity contribution in [2.24, 2.45) is 0 Å². The Morgan fingerprint density at radius 3 is 2.32 bits per heavy atom. The molecule has 5 rings (SSSR count). The van der Waals surface area contributed by atoms with Gasteiger partial charge in [0, 0.05) is 42.1 Å². The number of carbonyl (C=O) groups is 1. The quantitative estimate of drug-likeness (QED) is 0.260. The van der Waals surface area contributed by atoms with Gasteiger partial charge in [-0.25, -0.2) is 4.98 Å². The van der Waals surface area contributed by atoms with Gasteiger partial charge in [0.05, 0.1) is 29.6 Å². The lowest BCUT2D eigenvalue weighted by Crippen LogP contribution is -2.30. The number of carbonyl (C=O) groups excluding carboxylic acids is 1. The molecule has 0 radical (unpaired) electrons. The fourth-order valence-corrected chi connectivity index (χ4v) is 5.36. The maximum atomic E-state index is 14.2. The number of methoxy groups -OCH3 is 1. The van der Waals surface area contributed by atoms with Crippen molar-refractivity contribution < 1.29 is 9.53 Å². The van der Waals surface area contributed by atoms with Crippen LogP contribution in [-0.2, 0) is 0 Å². The maximum absolute atomic E-state index is 14.2. The van der Waals surface area contributed by atoms with E-state index >= 15 is 0 Å². The summed E-state index contributed by atoms with van der Waals surface area (Å²) in [5, 5.41) is 1.20. The van der Waals surface area contributed by atoms with Crippen molar-refractivity contribution >= 4 is 40.7 Å². The van der Waals surface area contributed by atoms with Crippen molar-refractivity contribution in [3.63, 3.8) is 0 Å². The summed E-state index contributed by atoms with van der Waals surface area (Å²) >= 11 is 12.7. The normalized spacial score (nSPS) is 14.8. The largest absolute Gasteiger partial charge is 0.480 e. The topological polar surface area (TPSA) is 63.5 Å². The van der Waals surface area contributed by atoms with Gasteiger partial charge in [-0.1, -0.05) is 41.4 Å². The van der Waals surface area contributed by atoms with Crippen LogP contribution in [0.4, 0.5) is 11.6 Å². The first-order valence-electron chi connectivity index (χ1n) is 12.3. The Hall–Kier alpha value is -3.55. The summed E-state index contributed by atoms with van der Waals surface area (Å²) in [6, 6.07) is 14.8. The number of fused-ring (bicyclic) bond motifs is 1. The molecule has 1 aliphatic heterocycles. The van der Waals surface area contributed by atoms with E-state index in [1.807, 2.05) is 79.3 Å². The first-order valence-corrected chi connectivity index (χ1v) is 13.1. The SMILES string of the molecule is COc1nc(N(C)C)ncc1-c1cc2c(n1C(C)C)C(c1ccc(Cl)cc1)N(c1cc(Cl)ccc1C)C2=O. The molecule has 196 valence electrons. The molecule has 0 bridgehead atoms. The molecule has 2 aromatic carbocycles. The molecule has 0 spiro atoms. The number of ether oxygens (including phenoxy) is 1. The van der Waals surface area contributed by atoms with Crippen molar-refractivity contribution in [3.05, 3.63) is 87.2 Å². The Bertz CT molecular complexity index is 1530. The molecule has 1 aliphatic rings. The molecule has 0 saturated heterocycles. The fraction of sp³-hybridized carbons (Fsp3) is 0.276. The average Bonchev–Trinajstić information content (AvgIpc) is 3.40. The number of anilines is 2. The van der Waals surface area contributed by atoms with E-state index in [0.717, 1.165) is 28.2 Å². The van der Waals surface area contributed by atoms with E-state index in [1.165, 1.54) is 0 Å². The summed E-state index contributed by atoms with van der Waals surface area (Å²) in [7, 11) is 5.34. The lowest BCUT2D eigenvalue weighted by molar-refractivity contribution is 0.0993. The van der Waals surface area contributed by atoms with Gasteiger partial charge >= 0.3 is 0 Å². The Labute approximate surface area is 232 Å². The van der Waals surface area contributed by atoms with Crippen LogP contribution in [0.25, 0.3) is 11.3 Å². The van der Waals surface area contributed by atoms with Crippen molar-refractivity contribution in [2.75, 3.05) is 31.0 Å². The predicted molar refractivity (Wildman–Crippen MR) is 153 cm³/mol. The zero-order chi connectivity index (χ0) is 27.3. The molecule has 0 N–H and O–H groups in total. The van der Waals surface area contributed by atoms with Crippen molar-refractivity contribution in [1.29, 1.82) is 0 Å². The summed E-state index contributed by atoms with van der Waals surface area (Å²) in [5.41, 5.74) is 5.71. The standard InChI is InChI=1S/C29H29Cl2N5O2/c1-16(2)35-24(22-15-32-29(34(4)5)33-27(22)38-6)14-21-26(35)25(18-8-11-19(30)12-9-18)36(28(21)37)23-13-20(31)10-7-17(23)3/h7-16,25H,1-6H3. The first-order chi connectivity index (χ1) is 18.1. The first kappa shape index (κ1) is 26.1. The summed E-state index contributed by atoms with van der Waals surface area (Å²) in [6.45, 7) is 6.18. The monoisotopic (exact) mass is 549 g/mol. The molecule has 7 nitrogen and oxygen atoms in total. The third kappa shape index (κ3) is 4.29. The number of hydrogen-bond acceptors (Lipinski definition) is 5. The lowest BCUT2D eigenvalue weighted by atomic mass is 10.0. The molecule has 1 amide bonds. The van der Waals surface area contributed by atoms with Crippen LogP contribution in [0.3, 0.4) is 0 Å². The smallest absolute Gasteiger partial charge is 0.261 e. The van der Waals surface area contributed by atoms with Crippen LogP contribution in [-0.4, -0.2) is 41.6 Å². The number of halogens is 2. The minimum Gasteiger partial charge on any atom is -0.480 e. The van der Waals surface area contributed by atoms with E-state index in [9.17, 15) is 4.79 Å². The zero-order valence-electron chi connectivity index (χ0n) is 22.2. The van der Waals surface area contributed by atoms with Crippen LogP contribution < -0.4 is 14.5 Å². The molecule has 9 heteroatoms. The summed E-state index contributed by atoms with van der Waals surface area (Å²) in [5.74, 6) is 0.883. The molecular formula is C29H29Cl2N5O2. The molecule has 2 aromatic heterocycles. The van der Waals surface area contributed by atoms with Gasteiger partial charge in [-0.15, -0.1) is 0 Å². The number of rotatable bonds is 6. The second-order valence-corrected chi connectivity index (χ2v) is 10.7. The second-order valence-electron chi connectivity index (χ2n) is 9.84. The summed E-state index contributed by atoms with van der Waals surface area (Å²) < 4.78 is 7.86. The molecule has 0 saturated carbocycles. The highest BCUT2D eigenvalue weighted by Crippen LogP contribution is 2.48. The Morgan fingerprint density at radius 1 is 1.00 bits per heavy atom. The van der Waals surface area contributed by atoms with Gasteiger partial charge in [-0.05, 0) is 62.2 Å². The summed E-state index contributed by atoms with van der Waals surface area (Å²) in [6.07, 6.45) is 1.76. The van der Waals surface area contributed by atoms with Crippen LogP contribution in [0.15, 0.2) is 54.7 Å². The molecule has 1 unspecified atom stereocenters. The van der Waals surface area contributed by atoms with Crippen molar-refractivity contribution in [2.45, 2.75) is 32.9 Å². The zero-order valence-corrected chi connectivity index (χ0v) is 23.7. The Morgan fingerprint density at radius 2 is 1.68 bits per heavy atom. The van der Waals surface area contributed by atoms with E-state index in [1.54, 1.807) is 13.3 Å². The van der Waals surface area contributed by atoms with Gasteiger partial charge in [-0.3, -0.25) is 9.69 Å². The van der Waals surface area contributed by atoms with Crippen molar-refractivity contribution in [3.8, 4) is 17.1 Å². The molecule has 0 aliphatic carbocycles. The lowest BCUT2D eigenvalue weighted by Gasteiger charge is -2.30. The van der Waals surface area contributed by atoms with Gasteiger partial charge in [0.15, 0.2) is 0 Å². The molecule has 0 fully saturated rings. The average molecular weight is 550 g/mol. The predicted octanol–water partition coefficient (Wildman–Crippen LogP) is 6.97. The minimum atomic E-state index is -0.393. The number of aromatic nitrogens is 3. The second kappa shape index (κ2) is 9.97. The molecule has 1 atom stereocenters. The van der Waals surface area contributed by atoms with Crippen LogP contribution in [0.5, 0.6) is 5.88 Å². The van der Waals surface area contributed by atoms with E-state index in [-0.39, 0.29) is 11.9 Å². The molecule has 4 aromatic rings. The van der Waals surface area contributed by atoms with Gasteiger partial charge < -0.3 is 14.2 Å². The number of amides is 1. The van der Waals surface area contributed by atoms with Gasteiger partial charge in [0.25, 0.3) is 5.91 Å². The third-order valence-corrected chi connectivity index (χ3v) is 7.27. The molecule has 3 heterocycles. The number of aryl methyl sites for hydroxylation is 1. The molecule has 38 heavy (non-hydrogen) atoms. The van der Waals surface area contributed by atoms with E-state index in [2.05, 4.69) is 28.4 Å². The van der Waals surface area contributed by atoms with Crippen LogP contribution in [0.1, 0.15) is 53.1 Å². The van der Waals surface area contributed by atoms with E-state index < -0.39 is 6.04 Å². The van der Waals surface area contributed by atoms with E-state index in [4.69, 9.17) is 27.9 Å². The fourth-order valence-electron chi connectivity index (χ4n) is 5.07. The highest BCUT2D eigenvalue weighted by atomic mass is 35.5. The van der Waals surface area contributed by atoms with E-state index in [0.29, 0.717) is 33.0 Å². The third-order valence-electron chi connectivity index (χ3n) is 6.79. The number of nitrogens with zero attached hydrogens (tertiary/aromatic N) is 5. The highest BCUT2D eigenvalue weighted by Gasteiger charge is 2.44. The van der Waals surface area contributed by atoms with Crippen LogP contribution >= 0.6 is 23.2 Å². The highest BCUT2D eigenvalue weighted by molar-refractivity contribution is 6.31. The van der Waals surface area contributed by atoms with Crippen molar-refractivity contribution in [1.82, 2.24) is 14.5 Å². The van der Waals surface area contributed by atoms with Gasteiger partial charge in [-0.2, -0.15) is 4.98 Å². The van der Waals surface area contributed by atoms with Crippen LogP contribution in [0.2, 0.25) is 10.0 Å².